The number of hydrogen-bond donors (Lipinski definition) is 0. The highest BCUT2D eigenvalue weighted by Crippen LogP contribution is 2.61. The van der Waals surface area contributed by atoms with Gasteiger partial charge in [-0.25, -0.2) is 14.6 Å². The molecule has 1 saturated carbocycles. The average molecular weight is 461 g/mol. The maximum absolute atomic E-state index is 11.6. The van der Waals surface area contributed by atoms with Crippen molar-refractivity contribution in [2.45, 2.75) is 89.3 Å². The molecule has 0 N–H and O–H groups in total. The summed E-state index contributed by atoms with van der Waals surface area (Å²) >= 11 is 3.07. The van der Waals surface area contributed by atoms with Gasteiger partial charge in [-0.1, -0.05) is 20.8 Å². The number of thioether (sulfide) groups is 2. The molecule has 8 heteroatoms. The van der Waals surface area contributed by atoms with Crippen LogP contribution in [0, 0.1) is 23.7 Å². The second-order valence-corrected chi connectivity index (χ2v) is 11.7. The molecule has 30 heavy (non-hydrogen) atoms. The van der Waals surface area contributed by atoms with Crippen LogP contribution in [0.25, 0.3) is 0 Å². The Morgan fingerprint density at radius 1 is 1.13 bits per heavy atom. The van der Waals surface area contributed by atoms with Crippen LogP contribution in [0.3, 0.4) is 0 Å². The molecule has 2 bridgehead atoms. The van der Waals surface area contributed by atoms with Crippen LogP contribution >= 0.6 is 23.5 Å². The van der Waals surface area contributed by atoms with Crippen molar-refractivity contribution >= 4 is 28.8 Å². The summed E-state index contributed by atoms with van der Waals surface area (Å²) in [5, 5.41) is -0.165. The highest BCUT2D eigenvalue weighted by molar-refractivity contribution is 8.13. The highest BCUT2D eigenvalue weighted by Gasteiger charge is 2.69. The summed E-state index contributed by atoms with van der Waals surface area (Å²) in [6.45, 7) is 9.10. The van der Waals surface area contributed by atoms with E-state index in [2.05, 4.69) is 20.8 Å². The minimum absolute atomic E-state index is 0.0522. The number of rotatable bonds is 7. The monoisotopic (exact) mass is 460 g/mol. The normalized spacial score (nSPS) is 44.9. The first-order valence-electron chi connectivity index (χ1n) is 11.5. The zero-order valence-electron chi connectivity index (χ0n) is 18.6. The van der Waals surface area contributed by atoms with Gasteiger partial charge in [0, 0.05) is 18.1 Å². The second-order valence-electron chi connectivity index (χ2n) is 9.44. The predicted octanol–water partition coefficient (Wildman–Crippen LogP) is 5.60. The van der Waals surface area contributed by atoms with Crippen LogP contribution in [0.1, 0.15) is 66.2 Å². The van der Waals surface area contributed by atoms with Gasteiger partial charge < -0.3 is 14.2 Å². The summed E-state index contributed by atoms with van der Waals surface area (Å²) < 4.78 is 18.3. The van der Waals surface area contributed by atoms with Crippen LogP contribution in [0.15, 0.2) is 0 Å². The highest BCUT2D eigenvalue weighted by atomic mass is 32.2. The Kier molecular flexibility index (Phi) is 7.32. The number of ether oxygens (including phenoxy) is 3. The number of carbonyl (C=O) groups excluding carboxylic acids is 1. The van der Waals surface area contributed by atoms with E-state index in [9.17, 15) is 4.79 Å². The number of fused-ring (bicyclic) bond motifs is 2. The van der Waals surface area contributed by atoms with Gasteiger partial charge >= 0.3 is 5.30 Å². The van der Waals surface area contributed by atoms with Crippen molar-refractivity contribution in [3.63, 3.8) is 0 Å². The van der Waals surface area contributed by atoms with E-state index in [1.807, 2.05) is 18.7 Å². The maximum atomic E-state index is 11.6. The average Bonchev–Trinajstić information content (AvgIpc) is 2.95. The van der Waals surface area contributed by atoms with Crippen LogP contribution in [0.5, 0.6) is 0 Å². The van der Waals surface area contributed by atoms with Crippen LogP contribution < -0.4 is 0 Å². The van der Waals surface area contributed by atoms with E-state index in [0.717, 1.165) is 43.6 Å². The molecule has 5 fully saturated rings. The molecule has 8 atom stereocenters. The molecular formula is C22H36O6S2. The van der Waals surface area contributed by atoms with Crippen LogP contribution in [-0.4, -0.2) is 46.5 Å². The number of carbonyl (C=O) groups is 1. The van der Waals surface area contributed by atoms with Crippen molar-refractivity contribution in [1.82, 2.24) is 0 Å². The lowest BCUT2D eigenvalue weighted by atomic mass is 9.58. The SMILES string of the molecule is CCCSC(=O)OCCCS[C@@H]1O[C@@H]2O[C@]3(C)CC[C@H]4[C@H](C)CC[C@@H]([C@H]1C)[C@@]24OO3. The summed E-state index contributed by atoms with van der Waals surface area (Å²) in [4.78, 5) is 23.7. The van der Waals surface area contributed by atoms with E-state index >= 15 is 0 Å². The zero-order valence-corrected chi connectivity index (χ0v) is 20.2. The maximum Gasteiger partial charge on any atom is 0.367 e. The fraction of sp³-hybridized carbons (Fsp3) is 0.955. The Balaban J connectivity index is 1.36. The van der Waals surface area contributed by atoms with E-state index in [1.54, 1.807) is 0 Å². The first-order valence-corrected chi connectivity index (χ1v) is 13.5. The Bertz CT molecular complexity index is 620. The van der Waals surface area contributed by atoms with Gasteiger partial charge in [-0.3, -0.25) is 0 Å². The Morgan fingerprint density at radius 2 is 1.97 bits per heavy atom. The Hall–Kier alpha value is 0.01000. The van der Waals surface area contributed by atoms with E-state index in [1.165, 1.54) is 18.2 Å². The van der Waals surface area contributed by atoms with Crippen LogP contribution in [-0.2, 0) is 24.0 Å². The lowest BCUT2D eigenvalue weighted by molar-refractivity contribution is -0.568. The van der Waals surface area contributed by atoms with Crippen molar-refractivity contribution < 1.29 is 28.8 Å². The molecule has 1 spiro atoms. The molecule has 4 aliphatic heterocycles. The molecule has 4 saturated heterocycles. The fourth-order valence-electron chi connectivity index (χ4n) is 5.70. The third-order valence-electron chi connectivity index (χ3n) is 7.31. The van der Waals surface area contributed by atoms with Crippen molar-refractivity contribution in [3.8, 4) is 0 Å². The number of hydrogen-bond acceptors (Lipinski definition) is 8. The molecule has 4 heterocycles. The molecule has 0 aromatic carbocycles. The zero-order chi connectivity index (χ0) is 21.4. The van der Waals surface area contributed by atoms with E-state index < -0.39 is 11.4 Å². The van der Waals surface area contributed by atoms with Gasteiger partial charge in [0.25, 0.3) is 0 Å². The van der Waals surface area contributed by atoms with Gasteiger partial charge in [-0.15, -0.1) is 11.8 Å². The summed E-state index contributed by atoms with van der Waals surface area (Å²) in [6.07, 6.45) is 5.65. The summed E-state index contributed by atoms with van der Waals surface area (Å²) in [5.74, 6) is 2.67. The molecule has 0 radical (unpaired) electrons. The molecule has 172 valence electrons. The van der Waals surface area contributed by atoms with E-state index in [0.29, 0.717) is 30.3 Å². The van der Waals surface area contributed by atoms with E-state index in [-0.39, 0.29) is 17.0 Å². The van der Waals surface area contributed by atoms with Crippen LogP contribution in [0.2, 0.25) is 0 Å². The van der Waals surface area contributed by atoms with Crippen molar-refractivity contribution in [2.24, 2.45) is 23.7 Å². The van der Waals surface area contributed by atoms with Gasteiger partial charge in [-0.2, -0.15) is 0 Å². The molecular weight excluding hydrogens is 424 g/mol. The summed E-state index contributed by atoms with van der Waals surface area (Å²) in [7, 11) is 0. The molecule has 0 aromatic heterocycles. The van der Waals surface area contributed by atoms with Gasteiger partial charge in [0.15, 0.2) is 11.9 Å². The lowest BCUT2D eigenvalue weighted by Crippen LogP contribution is -2.70. The molecule has 0 unspecified atom stereocenters. The quantitative estimate of drug-likeness (QED) is 0.276. The first-order chi connectivity index (χ1) is 14.4. The minimum Gasteiger partial charge on any atom is -0.458 e. The third-order valence-corrected chi connectivity index (χ3v) is 9.67. The lowest BCUT2D eigenvalue weighted by Gasteiger charge is -2.60. The van der Waals surface area contributed by atoms with Crippen molar-refractivity contribution in [1.29, 1.82) is 0 Å². The molecule has 5 rings (SSSR count). The van der Waals surface area contributed by atoms with Crippen molar-refractivity contribution in [3.05, 3.63) is 0 Å². The fourth-order valence-corrected chi connectivity index (χ4v) is 7.43. The van der Waals surface area contributed by atoms with Crippen molar-refractivity contribution in [2.75, 3.05) is 18.1 Å². The van der Waals surface area contributed by atoms with Gasteiger partial charge in [0.05, 0.1) is 6.61 Å². The summed E-state index contributed by atoms with van der Waals surface area (Å²) in [5.41, 5.74) is -0.438. The largest absolute Gasteiger partial charge is 0.458 e. The second kappa shape index (κ2) is 9.48. The molecule has 6 nitrogen and oxygen atoms in total. The Morgan fingerprint density at radius 3 is 2.77 bits per heavy atom. The smallest absolute Gasteiger partial charge is 0.367 e. The molecule has 1 aliphatic carbocycles. The first kappa shape index (κ1) is 23.2. The van der Waals surface area contributed by atoms with Crippen LogP contribution in [0.4, 0.5) is 4.79 Å². The predicted molar refractivity (Wildman–Crippen MR) is 118 cm³/mol. The molecule has 0 amide bonds. The molecule has 0 aromatic rings. The topological polar surface area (TPSA) is 63.2 Å². The standard InChI is InChI=1S/C22H36O6S2/c1-5-12-30-20(23)24-11-6-13-29-18-15(3)17-8-7-14(2)16-9-10-21(4)26-19(25-18)22(16,17)28-27-21/h14-19H,5-13H2,1-4H3/t14-,15-,16+,17+,18+,19-,21+,22-/m1/s1. The third kappa shape index (κ3) is 4.29. The van der Waals surface area contributed by atoms with Gasteiger partial charge in [0.1, 0.15) is 5.44 Å². The molecule has 5 aliphatic rings. The minimum atomic E-state index is -0.725. The Labute approximate surface area is 188 Å². The summed E-state index contributed by atoms with van der Waals surface area (Å²) in [6, 6.07) is 0. The van der Waals surface area contributed by atoms with Gasteiger partial charge in [0.2, 0.25) is 5.79 Å². The van der Waals surface area contributed by atoms with Gasteiger partial charge in [-0.05, 0) is 74.3 Å². The van der Waals surface area contributed by atoms with E-state index in [4.69, 9.17) is 24.0 Å².